The van der Waals surface area contributed by atoms with E-state index in [0.29, 0.717) is 6.42 Å². The molecule has 16 heavy (non-hydrogen) atoms. The number of hydrogen-bond acceptors (Lipinski definition) is 2. The third-order valence-corrected chi connectivity index (χ3v) is 2.64. The van der Waals surface area contributed by atoms with Gasteiger partial charge in [0.25, 0.3) is 0 Å². The highest BCUT2D eigenvalue weighted by Crippen LogP contribution is 2.08. The van der Waals surface area contributed by atoms with Crippen molar-refractivity contribution in [2.45, 2.75) is 38.1 Å². The SMILES string of the molecule is NC(CCCCCc1ccccc1)C(=O)O. The summed E-state index contributed by atoms with van der Waals surface area (Å²) in [4.78, 5) is 10.5. The van der Waals surface area contributed by atoms with Gasteiger partial charge >= 0.3 is 5.97 Å². The van der Waals surface area contributed by atoms with Crippen LogP contribution in [0, 0.1) is 0 Å². The Bertz CT molecular complexity index is 311. The predicted molar refractivity (Wildman–Crippen MR) is 64.2 cm³/mol. The first-order valence-corrected chi connectivity index (χ1v) is 5.72. The molecule has 3 heteroatoms. The molecule has 0 heterocycles. The summed E-state index contributed by atoms with van der Waals surface area (Å²) in [5.41, 5.74) is 6.75. The van der Waals surface area contributed by atoms with Crippen molar-refractivity contribution >= 4 is 5.97 Å². The highest BCUT2D eigenvalue weighted by molar-refractivity contribution is 5.72. The zero-order valence-electron chi connectivity index (χ0n) is 9.43. The number of carboxylic acids is 1. The Morgan fingerprint density at radius 1 is 1.19 bits per heavy atom. The van der Waals surface area contributed by atoms with Gasteiger partial charge in [-0.2, -0.15) is 0 Å². The Hall–Kier alpha value is -1.35. The lowest BCUT2D eigenvalue weighted by molar-refractivity contribution is -0.138. The van der Waals surface area contributed by atoms with Crippen molar-refractivity contribution in [3.8, 4) is 0 Å². The molecule has 1 atom stereocenters. The van der Waals surface area contributed by atoms with E-state index in [9.17, 15) is 4.79 Å². The van der Waals surface area contributed by atoms with Crippen molar-refractivity contribution in [2.75, 3.05) is 0 Å². The predicted octanol–water partition coefficient (Wildman–Crippen LogP) is 2.20. The second kappa shape index (κ2) is 7.01. The van der Waals surface area contributed by atoms with E-state index in [0.717, 1.165) is 25.7 Å². The number of aryl methyl sites for hydroxylation is 1. The van der Waals surface area contributed by atoms with Crippen LogP contribution >= 0.6 is 0 Å². The first-order chi connectivity index (χ1) is 7.70. The molecule has 0 aliphatic carbocycles. The molecule has 1 aromatic rings. The Kier molecular flexibility index (Phi) is 5.57. The molecule has 0 radical (unpaired) electrons. The molecule has 0 saturated carbocycles. The largest absolute Gasteiger partial charge is 0.480 e. The van der Waals surface area contributed by atoms with Gasteiger partial charge in [-0.1, -0.05) is 43.2 Å². The Morgan fingerprint density at radius 3 is 2.50 bits per heavy atom. The first kappa shape index (κ1) is 12.7. The van der Waals surface area contributed by atoms with Gasteiger partial charge in [0.2, 0.25) is 0 Å². The van der Waals surface area contributed by atoms with Crippen molar-refractivity contribution < 1.29 is 9.90 Å². The van der Waals surface area contributed by atoms with Crippen LogP contribution in [0.5, 0.6) is 0 Å². The molecular formula is C13H19NO2. The van der Waals surface area contributed by atoms with Crippen LogP contribution in [-0.2, 0) is 11.2 Å². The molecule has 0 aliphatic heterocycles. The summed E-state index contributed by atoms with van der Waals surface area (Å²) in [7, 11) is 0. The van der Waals surface area contributed by atoms with Crippen LogP contribution in [0.2, 0.25) is 0 Å². The van der Waals surface area contributed by atoms with Crippen LogP contribution in [0.25, 0.3) is 0 Å². The minimum absolute atomic E-state index is 0.574. The zero-order chi connectivity index (χ0) is 11.8. The van der Waals surface area contributed by atoms with Crippen molar-refractivity contribution in [1.29, 1.82) is 0 Å². The Labute approximate surface area is 96.3 Å². The second-order valence-electron chi connectivity index (χ2n) is 4.03. The van der Waals surface area contributed by atoms with E-state index in [4.69, 9.17) is 10.8 Å². The van der Waals surface area contributed by atoms with Crippen LogP contribution in [-0.4, -0.2) is 17.1 Å². The van der Waals surface area contributed by atoms with Gasteiger partial charge in [-0.15, -0.1) is 0 Å². The monoisotopic (exact) mass is 221 g/mol. The van der Waals surface area contributed by atoms with Gasteiger partial charge in [-0.25, -0.2) is 0 Å². The maximum Gasteiger partial charge on any atom is 0.320 e. The fourth-order valence-electron chi connectivity index (χ4n) is 1.64. The summed E-state index contributed by atoms with van der Waals surface area (Å²) < 4.78 is 0. The fraction of sp³-hybridized carbons (Fsp3) is 0.462. The lowest BCUT2D eigenvalue weighted by Crippen LogP contribution is -2.29. The van der Waals surface area contributed by atoms with E-state index >= 15 is 0 Å². The second-order valence-corrected chi connectivity index (χ2v) is 4.03. The maximum absolute atomic E-state index is 10.5. The van der Waals surface area contributed by atoms with Gasteiger partial charge in [0.1, 0.15) is 6.04 Å². The minimum Gasteiger partial charge on any atom is -0.480 e. The maximum atomic E-state index is 10.5. The average Bonchev–Trinajstić information content (AvgIpc) is 2.29. The Morgan fingerprint density at radius 2 is 1.88 bits per heavy atom. The number of aliphatic carboxylic acids is 1. The number of carbonyl (C=O) groups is 1. The lowest BCUT2D eigenvalue weighted by atomic mass is 10.0. The summed E-state index contributed by atoms with van der Waals surface area (Å²) in [5.74, 6) is -0.900. The van der Waals surface area contributed by atoms with E-state index in [1.54, 1.807) is 0 Å². The molecule has 0 fully saturated rings. The first-order valence-electron chi connectivity index (χ1n) is 5.72. The van der Waals surface area contributed by atoms with E-state index < -0.39 is 12.0 Å². The van der Waals surface area contributed by atoms with Gasteiger partial charge in [0.15, 0.2) is 0 Å². The molecular weight excluding hydrogens is 202 g/mol. The fourth-order valence-corrected chi connectivity index (χ4v) is 1.64. The van der Waals surface area contributed by atoms with Crippen LogP contribution in [0.15, 0.2) is 30.3 Å². The van der Waals surface area contributed by atoms with Crippen molar-refractivity contribution in [2.24, 2.45) is 5.73 Å². The van der Waals surface area contributed by atoms with Gasteiger partial charge in [-0.3, -0.25) is 4.79 Å². The molecule has 1 aromatic carbocycles. The van der Waals surface area contributed by atoms with Crippen molar-refractivity contribution in [1.82, 2.24) is 0 Å². The molecule has 3 nitrogen and oxygen atoms in total. The van der Waals surface area contributed by atoms with Gasteiger partial charge in [-0.05, 0) is 24.8 Å². The molecule has 3 N–H and O–H groups in total. The summed E-state index contributed by atoms with van der Waals surface area (Å²) in [6.45, 7) is 0. The quantitative estimate of drug-likeness (QED) is 0.694. The summed E-state index contributed by atoms with van der Waals surface area (Å²) >= 11 is 0. The van der Waals surface area contributed by atoms with Gasteiger partial charge in [0.05, 0.1) is 0 Å². The van der Waals surface area contributed by atoms with E-state index in [-0.39, 0.29) is 0 Å². The highest BCUT2D eigenvalue weighted by atomic mass is 16.4. The van der Waals surface area contributed by atoms with Crippen LogP contribution < -0.4 is 5.73 Å². The van der Waals surface area contributed by atoms with Crippen LogP contribution in [0.1, 0.15) is 31.2 Å². The number of rotatable bonds is 7. The normalized spacial score (nSPS) is 12.3. The molecule has 1 unspecified atom stereocenters. The van der Waals surface area contributed by atoms with E-state index in [1.165, 1.54) is 5.56 Å². The van der Waals surface area contributed by atoms with Crippen LogP contribution in [0.3, 0.4) is 0 Å². The molecule has 1 rings (SSSR count). The van der Waals surface area contributed by atoms with Crippen molar-refractivity contribution in [3.05, 3.63) is 35.9 Å². The highest BCUT2D eigenvalue weighted by Gasteiger charge is 2.09. The molecule has 88 valence electrons. The van der Waals surface area contributed by atoms with Gasteiger partial charge in [0, 0.05) is 0 Å². The Balaban J connectivity index is 2.07. The van der Waals surface area contributed by atoms with Crippen molar-refractivity contribution in [3.63, 3.8) is 0 Å². The molecule has 0 aliphatic rings. The third-order valence-electron chi connectivity index (χ3n) is 2.64. The number of carboxylic acid groups (broad SMARTS) is 1. The number of benzene rings is 1. The summed E-state index contributed by atoms with van der Waals surface area (Å²) in [6.07, 6.45) is 4.65. The smallest absolute Gasteiger partial charge is 0.320 e. The summed E-state index contributed by atoms with van der Waals surface area (Å²) in [6, 6.07) is 9.61. The number of unbranched alkanes of at least 4 members (excludes halogenated alkanes) is 2. The van der Waals surface area contributed by atoms with Gasteiger partial charge < -0.3 is 10.8 Å². The lowest BCUT2D eigenvalue weighted by Gasteiger charge is -2.05. The molecule has 0 amide bonds. The topological polar surface area (TPSA) is 63.3 Å². The van der Waals surface area contributed by atoms with E-state index in [2.05, 4.69) is 12.1 Å². The standard InChI is InChI=1S/C13H19NO2/c14-12(13(15)16)10-6-2-5-9-11-7-3-1-4-8-11/h1,3-4,7-8,12H,2,5-6,9-10,14H2,(H,15,16). The third kappa shape index (κ3) is 4.94. The molecule has 0 spiro atoms. The summed E-state index contributed by atoms with van der Waals surface area (Å²) in [5, 5.41) is 8.59. The molecule has 0 aromatic heterocycles. The van der Waals surface area contributed by atoms with Crippen LogP contribution in [0.4, 0.5) is 0 Å². The van der Waals surface area contributed by atoms with E-state index in [1.807, 2.05) is 18.2 Å². The minimum atomic E-state index is -0.900. The zero-order valence-corrected chi connectivity index (χ0v) is 9.43. The molecule has 0 bridgehead atoms. The number of nitrogens with two attached hydrogens (primary N) is 1. The number of hydrogen-bond donors (Lipinski definition) is 2. The molecule has 0 saturated heterocycles. The average molecular weight is 221 g/mol.